The highest BCUT2D eigenvalue weighted by molar-refractivity contribution is 7.16. The lowest BCUT2D eigenvalue weighted by Crippen LogP contribution is -2.43. The molecule has 3 heterocycles. The van der Waals surface area contributed by atoms with Gasteiger partial charge in [-0.15, -0.1) is 36.2 Å². The third-order valence-corrected chi connectivity index (χ3v) is 4.63. The number of hydrogen-bond acceptors (Lipinski definition) is 5. The van der Waals surface area contributed by atoms with Gasteiger partial charge in [0, 0.05) is 13.1 Å². The van der Waals surface area contributed by atoms with Crippen molar-refractivity contribution in [2.24, 2.45) is 0 Å². The van der Waals surface area contributed by atoms with Gasteiger partial charge in [0.25, 0.3) is 5.91 Å². The Hall–Kier alpha value is -1.08. The zero-order chi connectivity index (χ0) is 13.9. The summed E-state index contributed by atoms with van der Waals surface area (Å²) in [5.74, 6) is 0.755. The Morgan fingerprint density at radius 3 is 2.77 bits per heavy atom. The van der Waals surface area contributed by atoms with Crippen molar-refractivity contribution in [3.05, 3.63) is 29.5 Å². The van der Waals surface area contributed by atoms with Crippen molar-refractivity contribution in [1.82, 2.24) is 15.2 Å². The van der Waals surface area contributed by atoms with Gasteiger partial charge in [0.1, 0.15) is 4.88 Å². The van der Waals surface area contributed by atoms with Crippen LogP contribution < -0.4 is 5.32 Å². The van der Waals surface area contributed by atoms with Gasteiger partial charge >= 0.3 is 0 Å². The maximum atomic E-state index is 12.5. The number of nitrogens with zero attached hydrogens (tertiary/aromatic N) is 2. The normalized spacial score (nSPS) is 14.8. The Kier molecular flexibility index (Phi) is 7.35. The Bertz CT molecular complexity index is 583. The molecule has 0 radical (unpaired) electrons. The molecule has 1 aliphatic rings. The van der Waals surface area contributed by atoms with E-state index in [1.165, 1.54) is 11.3 Å². The minimum atomic E-state index is 0. The minimum absolute atomic E-state index is 0. The molecule has 1 aliphatic heterocycles. The molecule has 1 N–H and O–H groups in total. The number of hydrogen-bond donors (Lipinski definition) is 1. The average Bonchev–Trinajstić information content (AvgIpc) is 3.17. The number of nitrogens with one attached hydrogen (secondary N) is 1. The first kappa shape index (κ1) is 19.0. The van der Waals surface area contributed by atoms with Gasteiger partial charge < -0.3 is 14.6 Å². The summed E-state index contributed by atoms with van der Waals surface area (Å²) in [6.45, 7) is 1.95. The van der Waals surface area contributed by atoms with Crippen LogP contribution in [0.2, 0.25) is 0 Å². The van der Waals surface area contributed by atoms with Gasteiger partial charge in [-0.3, -0.25) is 4.79 Å². The first-order valence-electron chi connectivity index (χ1n) is 6.73. The van der Waals surface area contributed by atoms with Gasteiger partial charge in [-0.25, -0.2) is 4.98 Å². The maximum Gasteiger partial charge on any atom is 0.265 e. The lowest BCUT2D eigenvalue weighted by atomic mass is 10.1. The van der Waals surface area contributed by atoms with Crippen molar-refractivity contribution < 1.29 is 9.21 Å². The number of carbonyl (C=O) groups is 1. The van der Waals surface area contributed by atoms with E-state index in [2.05, 4.69) is 10.3 Å². The van der Waals surface area contributed by atoms with E-state index in [4.69, 9.17) is 4.42 Å². The first-order valence-corrected chi connectivity index (χ1v) is 7.55. The van der Waals surface area contributed by atoms with E-state index in [0.717, 1.165) is 30.9 Å². The summed E-state index contributed by atoms with van der Waals surface area (Å²) in [6.07, 6.45) is 5.26. The second kappa shape index (κ2) is 8.53. The van der Waals surface area contributed by atoms with E-state index in [-0.39, 0.29) is 30.7 Å². The first-order chi connectivity index (χ1) is 9.75. The van der Waals surface area contributed by atoms with Crippen LogP contribution in [0.1, 0.15) is 22.5 Å². The van der Waals surface area contributed by atoms with E-state index < -0.39 is 0 Å². The van der Waals surface area contributed by atoms with Crippen molar-refractivity contribution in [3.8, 4) is 10.8 Å². The number of halogens is 2. The fraction of sp³-hybridized carbons (Fsp3) is 0.429. The SMILES string of the molecule is CN(C(=O)c1cnc(-c2ccco2)s1)C1CCNCC1.Cl.Cl. The van der Waals surface area contributed by atoms with Crippen LogP contribution in [-0.4, -0.2) is 42.0 Å². The molecule has 122 valence electrons. The zero-order valence-corrected chi connectivity index (χ0v) is 14.6. The van der Waals surface area contributed by atoms with Crippen LogP contribution in [0.4, 0.5) is 0 Å². The molecule has 0 bridgehead atoms. The fourth-order valence-corrected chi connectivity index (χ4v) is 3.29. The van der Waals surface area contributed by atoms with Gasteiger partial charge in [0.15, 0.2) is 10.8 Å². The number of amides is 1. The summed E-state index contributed by atoms with van der Waals surface area (Å²) in [5, 5.41) is 4.06. The Morgan fingerprint density at radius 1 is 1.41 bits per heavy atom. The number of rotatable bonds is 3. The predicted molar refractivity (Wildman–Crippen MR) is 92.3 cm³/mol. The molecular weight excluding hydrogens is 345 g/mol. The standard InChI is InChI=1S/C14H17N3O2S.2ClH/c1-17(10-4-6-15-7-5-10)14(18)12-9-16-13(20-12)11-3-2-8-19-11;;/h2-3,8-10,15H,4-7H2,1H3;2*1H. The summed E-state index contributed by atoms with van der Waals surface area (Å²) < 4.78 is 5.30. The van der Waals surface area contributed by atoms with E-state index in [0.29, 0.717) is 16.7 Å². The molecule has 5 nitrogen and oxygen atoms in total. The fourth-order valence-electron chi connectivity index (χ4n) is 2.42. The van der Waals surface area contributed by atoms with Crippen LogP contribution >= 0.6 is 36.2 Å². The molecule has 3 rings (SSSR count). The number of carbonyl (C=O) groups excluding carboxylic acids is 1. The van der Waals surface area contributed by atoms with Gasteiger partial charge in [0.2, 0.25) is 0 Å². The second-order valence-corrected chi connectivity index (χ2v) is 5.93. The van der Waals surface area contributed by atoms with E-state index in [1.54, 1.807) is 12.5 Å². The Labute approximate surface area is 145 Å². The van der Waals surface area contributed by atoms with Crippen LogP contribution in [0.3, 0.4) is 0 Å². The summed E-state index contributed by atoms with van der Waals surface area (Å²) in [6, 6.07) is 3.99. The molecule has 0 aliphatic carbocycles. The molecule has 1 saturated heterocycles. The van der Waals surface area contributed by atoms with Gasteiger partial charge in [0.05, 0.1) is 12.5 Å². The highest BCUT2D eigenvalue weighted by Crippen LogP contribution is 2.26. The molecule has 0 saturated carbocycles. The Morgan fingerprint density at radius 2 is 2.14 bits per heavy atom. The van der Waals surface area contributed by atoms with Crippen molar-refractivity contribution in [2.75, 3.05) is 20.1 Å². The third kappa shape index (κ3) is 4.01. The van der Waals surface area contributed by atoms with Crippen LogP contribution in [0.25, 0.3) is 10.8 Å². The molecule has 0 spiro atoms. The number of piperidine rings is 1. The monoisotopic (exact) mass is 363 g/mol. The molecule has 1 fully saturated rings. The molecule has 22 heavy (non-hydrogen) atoms. The smallest absolute Gasteiger partial charge is 0.265 e. The van der Waals surface area contributed by atoms with E-state index in [9.17, 15) is 4.79 Å². The van der Waals surface area contributed by atoms with Gasteiger partial charge in [-0.05, 0) is 38.1 Å². The molecule has 0 aromatic carbocycles. The summed E-state index contributed by atoms with van der Waals surface area (Å²) in [5.41, 5.74) is 0. The molecule has 0 unspecified atom stereocenters. The largest absolute Gasteiger partial charge is 0.462 e. The van der Waals surface area contributed by atoms with Crippen molar-refractivity contribution >= 4 is 42.1 Å². The molecule has 0 atom stereocenters. The quantitative estimate of drug-likeness (QED) is 0.910. The second-order valence-electron chi connectivity index (χ2n) is 4.90. The van der Waals surface area contributed by atoms with Crippen LogP contribution in [0.5, 0.6) is 0 Å². The van der Waals surface area contributed by atoms with E-state index >= 15 is 0 Å². The predicted octanol–water partition coefficient (Wildman–Crippen LogP) is 3.07. The van der Waals surface area contributed by atoms with Crippen LogP contribution in [0, 0.1) is 0 Å². The highest BCUT2D eigenvalue weighted by Gasteiger charge is 2.24. The molecule has 2 aromatic rings. The van der Waals surface area contributed by atoms with E-state index in [1.807, 2.05) is 24.1 Å². The number of furan rings is 1. The molecule has 2 aromatic heterocycles. The minimum Gasteiger partial charge on any atom is -0.462 e. The van der Waals surface area contributed by atoms with Gasteiger partial charge in [-0.2, -0.15) is 0 Å². The lowest BCUT2D eigenvalue weighted by Gasteiger charge is -2.31. The Balaban J connectivity index is 0.00000121. The zero-order valence-electron chi connectivity index (χ0n) is 12.2. The van der Waals surface area contributed by atoms with Gasteiger partial charge in [-0.1, -0.05) is 0 Å². The van der Waals surface area contributed by atoms with Crippen molar-refractivity contribution in [1.29, 1.82) is 0 Å². The number of aromatic nitrogens is 1. The van der Waals surface area contributed by atoms with Crippen molar-refractivity contribution in [3.63, 3.8) is 0 Å². The maximum absolute atomic E-state index is 12.5. The summed E-state index contributed by atoms with van der Waals surface area (Å²) in [4.78, 5) is 19.3. The molecule has 1 amide bonds. The van der Waals surface area contributed by atoms with Crippen LogP contribution in [-0.2, 0) is 0 Å². The topological polar surface area (TPSA) is 58.4 Å². The average molecular weight is 364 g/mol. The van der Waals surface area contributed by atoms with Crippen LogP contribution in [0.15, 0.2) is 29.0 Å². The summed E-state index contributed by atoms with van der Waals surface area (Å²) in [7, 11) is 1.88. The molecular formula is C14H19Cl2N3O2S. The summed E-state index contributed by atoms with van der Waals surface area (Å²) >= 11 is 1.38. The number of thiazole rings is 1. The van der Waals surface area contributed by atoms with Crippen molar-refractivity contribution in [2.45, 2.75) is 18.9 Å². The lowest BCUT2D eigenvalue weighted by molar-refractivity contribution is 0.0708. The highest BCUT2D eigenvalue weighted by atomic mass is 35.5. The molecule has 8 heteroatoms. The third-order valence-electron chi connectivity index (χ3n) is 3.63.